The lowest BCUT2D eigenvalue weighted by molar-refractivity contribution is -0.125. The minimum absolute atomic E-state index is 0.0786. The highest BCUT2D eigenvalue weighted by Gasteiger charge is 2.46. The van der Waals surface area contributed by atoms with Crippen molar-refractivity contribution in [3.8, 4) is 0 Å². The van der Waals surface area contributed by atoms with Gasteiger partial charge in [-0.3, -0.25) is 9.59 Å². The fourth-order valence-electron chi connectivity index (χ4n) is 3.95. The molecule has 8 heteroatoms. The van der Waals surface area contributed by atoms with Crippen molar-refractivity contribution in [2.24, 2.45) is 0 Å². The van der Waals surface area contributed by atoms with Gasteiger partial charge in [0.05, 0.1) is 5.69 Å². The fraction of sp³-hybridized carbons (Fsp3) is 0.333. The van der Waals surface area contributed by atoms with Crippen molar-refractivity contribution in [2.75, 3.05) is 24.5 Å². The molecular weight excluding hydrogens is 390 g/mol. The monoisotopic (exact) mass is 413 g/mol. The van der Waals surface area contributed by atoms with E-state index in [0.29, 0.717) is 32.4 Å². The molecule has 2 aromatic carbocycles. The van der Waals surface area contributed by atoms with Gasteiger partial charge in [-0.25, -0.2) is 8.42 Å². The summed E-state index contributed by atoms with van der Waals surface area (Å²) in [4.78, 5) is 27.1. The molecule has 0 unspecified atom stereocenters. The zero-order valence-electron chi connectivity index (χ0n) is 16.0. The number of rotatable bonds is 5. The van der Waals surface area contributed by atoms with Gasteiger partial charge in [0, 0.05) is 13.1 Å². The van der Waals surface area contributed by atoms with Crippen LogP contribution in [-0.2, 0) is 26.0 Å². The van der Waals surface area contributed by atoms with Crippen molar-refractivity contribution in [3.63, 3.8) is 0 Å². The summed E-state index contributed by atoms with van der Waals surface area (Å²) in [5, 5.41) is 2.83. The van der Waals surface area contributed by atoms with Crippen molar-refractivity contribution in [3.05, 3.63) is 60.2 Å². The van der Waals surface area contributed by atoms with Gasteiger partial charge in [-0.2, -0.15) is 4.31 Å². The van der Waals surface area contributed by atoms with E-state index in [9.17, 15) is 18.0 Å². The Labute approximate surface area is 170 Å². The molecule has 0 radical (unpaired) electrons. The molecule has 1 atom stereocenters. The van der Waals surface area contributed by atoms with Crippen LogP contribution in [0.3, 0.4) is 0 Å². The van der Waals surface area contributed by atoms with E-state index in [4.69, 9.17) is 0 Å². The lowest BCUT2D eigenvalue weighted by Gasteiger charge is -2.24. The third-order valence-corrected chi connectivity index (χ3v) is 7.33. The average Bonchev–Trinajstić information content (AvgIpc) is 3.21. The van der Waals surface area contributed by atoms with Crippen LogP contribution in [0, 0.1) is 0 Å². The predicted molar refractivity (Wildman–Crippen MR) is 109 cm³/mol. The number of sulfonamides is 1. The third-order valence-electron chi connectivity index (χ3n) is 5.38. The molecule has 29 heavy (non-hydrogen) atoms. The molecule has 1 fully saturated rings. The van der Waals surface area contributed by atoms with Gasteiger partial charge in [-0.1, -0.05) is 42.5 Å². The fourth-order valence-corrected chi connectivity index (χ4v) is 5.80. The Morgan fingerprint density at radius 2 is 1.79 bits per heavy atom. The van der Waals surface area contributed by atoms with E-state index in [1.54, 1.807) is 18.2 Å². The summed E-state index contributed by atoms with van der Waals surface area (Å²) >= 11 is 0. The number of carbonyl (C=O) groups excluding carboxylic acids is 2. The van der Waals surface area contributed by atoms with E-state index in [1.165, 1.54) is 15.3 Å². The van der Waals surface area contributed by atoms with Crippen LogP contribution in [0.1, 0.15) is 18.4 Å². The molecule has 0 aliphatic carbocycles. The number of benzene rings is 2. The maximum Gasteiger partial charge on any atom is 0.245 e. The van der Waals surface area contributed by atoms with Gasteiger partial charge >= 0.3 is 0 Å². The molecule has 4 rings (SSSR count). The topological polar surface area (TPSA) is 86.8 Å². The minimum Gasteiger partial charge on any atom is -0.354 e. The second-order valence-electron chi connectivity index (χ2n) is 7.25. The summed E-state index contributed by atoms with van der Waals surface area (Å²) in [5.41, 5.74) is 1.38. The Balaban J connectivity index is 1.54. The first-order chi connectivity index (χ1) is 14.0. The maximum absolute atomic E-state index is 13.1. The van der Waals surface area contributed by atoms with E-state index < -0.39 is 16.1 Å². The predicted octanol–water partition coefficient (Wildman–Crippen LogP) is 1.55. The summed E-state index contributed by atoms with van der Waals surface area (Å²) in [6.45, 7) is 0.565. The first kappa shape index (κ1) is 19.6. The van der Waals surface area contributed by atoms with E-state index in [-0.39, 0.29) is 28.9 Å². The average molecular weight is 413 g/mol. The second kappa shape index (κ2) is 7.96. The van der Waals surface area contributed by atoms with Crippen LogP contribution in [0.5, 0.6) is 0 Å². The summed E-state index contributed by atoms with van der Waals surface area (Å²) in [6.07, 6.45) is 1.79. The van der Waals surface area contributed by atoms with Gasteiger partial charge in [0.1, 0.15) is 17.5 Å². The van der Waals surface area contributed by atoms with Gasteiger partial charge in [-0.15, -0.1) is 0 Å². The Kier molecular flexibility index (Phi) is 5.38. The van der Waals surface area contributed by atoms with Crippen LogP contribution in [0.2, 0.25) is 0 Å². The molecule has 1 N–H and O–H groups in total. The number of nitrogens with zero attached hydrogens (tertiary/aromatic N) is 2. The molecule has 2 aliphatic rings. The molecule has 1 saturated heterocycles. The zero-order chi connectivity index (χ0) is 20.4. The highest BCUT2D eigenvalue weighted by atomic mass is 32.2. The van der Waals surface area contributed by atoms with Crippen molar-refractivity contribution in [2.45, 2.75) is 30.2 Å². The van der Waals surface area contributed by atoms with Gasteiger partial charge in [0.25, 0.3) is 0 Å². The normalized spacial score (nSPS) is 20.6. The molecule has 2 aliphatic heterocycles. The van der Waals surface area contributed by atoms with Crippen LogP contribution in [0.25, 0.3) is 0 Å². The molecule has 0 aromatic heterocycles. The summed E-state index contributed by atoms with van der Waals surface area (Å²) in [6, 6.07) is 15.4. The minimum atomic E-state index is -3.77. The van der Waals surface area contributed by atoms with Crippen LogP contribution in [-0.4, -0.2) is 50.2 Å². The number of amides is 2. The standard InChI is InChI=1S/C21H23N3O4S/c25-20(22-13-12-16-7-2-1-3-8-16)15-23-17-9-4-5-11-19(17)29(27,28)24-14-6-10-18(24)21(23)26/h1-5,7-9,11,18H,6,10,12-15H2,(H,22,25)/t18-/m1/s1. The van der Waals surface area contributed by atoms with Crippen molar-refractivity contribution in [1.29, 1.82) is 0 Å². The SMILES string of the molecule is O=C(CN1C(=O)[C@H]2CCCN2S(=O)(=O)c2ccccc21)NCCc1ccccc1. The number of nitrogens with one attached hydrogen (secondary N) is 1. The van der Waals surface area contributed by atoms with Crippen LogP contribution in [0.4, 0.5) is 5.69 Å². The molecule has 2 amide bonds. The summed E-state index contributed by atoms with van der Waals surface area (Å²) in [7, 11) is -3.77. The smallest absolute Gasteiger partial charge is 0.245 e. The van der Waals surface area contributed by atoms with E-state index in [1.807, 2.05) is 30.3 Å². The zero-order valence-corrected chi connectivity index (χ0v) is 16.8. The second-order valence-corrected chi connectivity index (χ2v) is 9.11. The summed E-state index contributed by atoms with van der Waals surface area (Å²) in [5.74, 6) is -0.651. The van der Waals surface area contributed by atoms with Gasteiger partial charge < -0.3 is 10.2 Å². The highest BCUT2D eigenvalue weighted by molar-refractivity contribution is 7.89. The van der Waals surface area contributed by atoms with Gasteiger partial charge in [0.2, 0.25) is 21.8 Å². The Hall–Kier alpha value is -2.71. The van der Waals surface area contributed by atoms with Gasteiger partial charge in [-0.05, 0) is 37.0 Å². The lowest BCUT2D eigenvalue weighted by atomic mass is 10.1. The number of hydrogen-bond acceptors (Lipinski definition) is 4. The molecule has 2 heterocycles. The largest absolute Gasteiger partial charge is 0.354 e. The Bertz CT molecular complexity index is 1020. The maximum atomic E-state index is 13.1. The van der Waals surface area contributed by atoms with E-state index >= 15 is 0 Å². The van der Waals surface area contributed by atoms with E-state index in [0.717, 1.165) is 5.56 Å². The quantitative estimate of drug-likeness (QED) is 0.806. The molecule has 0 bridgehead atoms. The molecule has 0 spiro atoms. The number of anilines is 1. The first-order valence-corrected chi connectivity index (χ1v) is 11.2. The van der Waals surface area contributed by atoms with Crippen molar-refractivity contribution < 1.29 is 18.0 Å². The number of para-hydroxylation sites is 1. The first-order valence-electron chi connectivity index (χ1n) is 9.71. The highest BCUT2D eigenvalue weighted by Crippen LogP contribution is 2.36. The van der Waals surface area contributed by atoms with Crippen LogP contribution < -0.4 is 10.2 Å². The van der Waals surface area contributed by atoms with Crippen LogP contribution in [0.15, 0.2) is 59.5 Å². The number of carbonyl (C=O) groups is 2. The Morgan fingerprint density at radius 1 is 1.07 bits per heavy atom. The lowest BCUT2D eigenvalue weighted by Crippen LogP contribution is -2.48. The third kappa shape index (κ3) is 3.77. The molecule has 7 nitrogen and oxygen atoms in total. The van der Waals surface area contributed by atoms with Gasteiger partial charge in [0.15, 0.2) is 0 Å². The van der Waals surface area contributed by atoms with E-state index in [2.05, 4.69) is 5.32 Å². The number of hydrogen-bond donors (Lipinski definition) is 1. The Morgan fingerprint density at radius 3 is 2.59 bits per heavy atom. The molecule has 0 saturated carbocycles. The molecule has 152 valence electrons. The van der Waals surface area contributed by atoms with Crippen LogP contribution >= 0.6 is 0 Å². The molecular formula is C21H23N3O4S. The number of fused-ring (bicyclic) bond motifs is 2. The molecule has 2 aromatic rings. The van der Waals surface area contributed by atoms with Crippen molar-refractivity contribution in [1.82, 2.24) is 9.62 Å². The van der Waals surface area contributed by atoms with Crippen molar-refractivity contribution >= 4 is 27.5 Å². The summed E-state index contributed by atoms with van der Waals surface area (Å²) < 4.78 is 27.4.